The van der Waals surface area contributed by atoms with Crippen LogP contribution in [0.2, 0.25) is 0 Å². The molecule has 0 aliphatic carbocycles. The third-order valence-corrected chi connectivity index (χ3v) is 8.36. The van der Waals surface area contributed by atoms with E-state index in [1.807, 2.05) is 0 Å². The van der Waals surface area contributed by atoms with Crippen LogP contribution in [0.15, 0.2) is 72.9 Å². The van der Waals surface area contributed by atoms with E-state index in [-0.39, 0.29) is 47.5 Å². The number of fused-ring (bicyclic) bond motifs is 1. The minimum atomic E-state index is -5.08. The van der Waals surface area contributed by atoms with E-state index in [2.05, 4.69) is 0 Å². The first-order chi connectivity index (χ1) is 22.8. The van der Waals surface area contributed by atoms with Gasteiger partial charge in [-0.3, -0.25) is 15.0 Å². The number of carboxylic acid groups (broad SMARTS) is 1. The van der Waals surface area contributed by atoms with Gasteiger partial charge in [0.1, 0.15) is 6.10 Å². The van der Waals surface area contributed by atoms with Gasteiger partial charge in [0.2, 0.25) is 11.4 Å². The van der Waals surface area contributed by atoms with E-state index in [0.717, 1.165) is 17.7 Å². The molecule has 0 radical (unpaired) electrons. The van der Waals surface area contributed by atoms with Crippen molar-refractivity contribution in [1.82, 2.24) is 9.47 Å². The average molecular weight is 670 g/mol. The normalized spacial score (nSPS) is 15.8. The number of carboxylic acids is 1. The number of nitro groups is 1. The van der Waals surface area contributed by atoms with Crippen LogP contribution in [0.25, 0.3) is 17.0 Å². The number of halogens is 3. The van der Waals surface area contributed by atoms with Gasteiger partial charge in [0.05, 0.1) is 24.7 Å². The lowest BCUT2D eigenvalue weighted by Gasteiger charge is -2.39. The van der Waals surface area contributed by atoms with Gasteiger partial charge in [0.25, 0.3) is 5.69 Å². The fourth-order valence-electron chi connectivity index (χ4n) is 5.92. The number of aliphatic carboxylic acids is 1. The quantitative estimate of drug-likeness (QED) is 0.106. The van der Waals surface area contributed by atoms with Crippen molar-refractivity contribution in [3.8, 4) is 17.2 Å². The van der Waals surface area contributed by atoms with Gasteiger partial charge in [-0.25, -0.2) is 4.79 Å². The number of aromatic nitrogens is 1. The molecule has 48 heavy (non-hydrogen) atoms. The van der Waals surface area contributed by atoms with Gasteiger partial charge in [-0.1, -0.05) is 30.3 Å². The number of non-ortho nitro benzene ring substituents is 1. The summed E-state index contributed by atoms with van der Waals surface area (Å²) in [6.07, 6.45) is -1.28. The number of piperidine rings is 1. The zero-order valence-electron chi connectivity index (χ0n) is 26.1. The summed E-state index contributed by atoms with van der Waals surface area (Å²) in [4.78, 5) is 23.4. The number of benzene rings is 3. The van der Waals surface area contributed by atoms with E-state index in [1.54, 1.807) is 42.5 Å². The lowest BCUT2D eigenvalue weighted by molar-refractivity contribution is -0.384. The second-order valence-electron chi connectivity index (χ2n) is 11.5. The van der Waals surface area contributed by atoms with Crippen LogP contribution in [-0.2, 0) is 16.9 Å². The maximum Gasteiger partial charge on any atom is 0.422 e. The lowest BCUT2D eigenvalue weighted by Crippen LogP contribution is -2.53. The first-order valence-electron chi connectivity index (χ1n) is 15.0. The highest BCUT2D eigenvalue weighted by Crippen LogP contribution is 2.45. The molecule has 1 saturated heterocycles. The van der Waals surface area contributed by atoms with Crippen LogP contribution in [0.5, 0.6) is 17.2 Å². The first kappa shape index (κ1) is 34.3. The molecule has 2 heterocycles. The molecule has 1 aromatic heterocycles. The van der Waals surface area contributed by atoms with Gasteiger partial charge in [-0.2, -0.15) is 13.2 Å². The third-order valence-electron chi connectivity index (χ3n) is 8.36. The minimum Gasteiger partial charge on any atom is -0.493 e. The Hall–Kier alpha value is -5.08. The average Bonchev–Trinajstić information content (AvgIpc) is 3.42. The Balaban J connectivity index is 1.39. The van der Waals surface area contributed by atoms with Crippen LogP contribution < -0.4 is 14.2 Å². The molecule has 3 aromatic carbocycles. The summed E-state index contributed by atoms with van der Waals surface area (Å²) in [6.45, 7) is -0.288. The Morgan fingerprint density at radius 2 is 1.69 bits per heavy atom. The Kier molecular flexibility index (Phi) is 9.96. The number of nitro benzene ring substituents is 1. The van der Waals surface area contributed by atoms with Crippen LogP contribution in [-0.4, -0.2) is 76.7 Å². The number of ether oxygens (including phenoxy) is 3. The maximum atomic E-state index is 14.9. The van der Waals surface area contributed by atoms with Crippen molar-refractivity contribution >= 4 is 28.6 Å². The van der Waals surface area contributed by atoms with Crippen molar-refractivity contribution in [1.29, 1.82) is 0 Å². The fraction of sp³-hybridized carbons (Fsp3) is 0.324. The maximum absolute atomic E-state index is 14.9. The van der Waals surface area contributed by atoms with Crippen molar-refractivity contribution in [2.45, 2.75) is 37.3 Å². The number of hydrogen-bond acceptors (Lipinski definition) is 8. The molecule has 0 saturated carbocycles. The van der Waals surface area contributed by atoms with Crippen molar-refractivity contribution in [3.05, 3.63) is 99.7 Å². The molecule has 1 fully saturated rings. The van der Waals surface area contributed by atoms with E-state index in [1.165, 1.54) is 48.1 Å². The Labute approximate surface area is 273 Å². The zero-order chi connectivity index (χ0) is 34.6. The lowest BCUT2D eigenvalue weighted by atomic mass is 9.91. The summed E-state index contributed by atoms with van der Waals surface area (Å²) >= 11 is 0. The number of methoxy groups -OCH3 is 2. The van der Waals surface area contributed by atoms with Gasteiger partial charge < -0.3 is 29.0 Å². The SMILES string of the molecule is COc1cc(/C=C/C(=O)O)cc(OC)c1OC1CCN(CC(O)(c2cn(Cc3ccccc3)c3cc([N+](=O)[O-])ccc23)C(F)(F)F)CC1. The predicted molar refractivity (Wildman–Crippen MR) is 170 cm³/mol. The van der Waals surface area contributed by atoms with Crippen molar-refractivity contribution in [2.24, 2.45) is 0 Å². The number of rotatable bonds is 12. The molecule has 1 atom stereocenters. The molecule has 1 unspecified atom stereocenters. The first-order valence-corrected chi connectivity index (χ1v) is 15.0. The monoisotopic (exact) mass is 669 g/mol. The van der Waals surface area contributed by atoms with Crippen LogP contribution in [0.3, 0.4) is 0 Å². The summed E-state index contributed by atoms with van der Waals surface area (Å²) in [5.74, 6) is -0.266. The number of alkyl halides is 3. The van der Waals surface area contributed by atoms with Gasteiger partial charge >= 0.3 is 12.1 Å². The Morgan fingerprint density at radius 1 is 1.04 bits per heavy atom. The van der Waals surface area contributed by atoms with Gasteiger partial charge in [-0.05, 0) is 48.2 Å². The van der Waals surface area contributed by atoms with Gasteiger partial charge in [0, 0.05) is 61.5 Å². The Morgan fingerprint density at radius 3 is 2.25 bits per heavy atom. The number of carbonyl (C=O) groups is 1. The number of nitrogens with zero attached hydrogens (tertiary/aromatic N) is 3. The molecule has 5 rings (SSSR count). The molecule has 0 spiro atoms. The summed E-state index contributed by atoms with van der Waals surface area (Å²) in [6, 6.07) is 15.7. The van der Waals surface area contributed by atoms with E-state index < -0.39 is 35.3 Å². The summed E-state index contributed by atoms with van der Waals surface area (Å²) < 4.78 is 63.3. The molecular weight excluding hydrogens is 635 g/mol. The molecule has 0 bridgehead atoms. The second kappa shape index (κ2) is 14.0. The van der Waals surface area contributed by atoms with E-state index in [4.69, 9.17) is 19.3 Å². The molecule has 11 nitrogen and oxygen atoms in total. The Bertz CT molecular complexity index is 1790. The standard InChI is InChI=1S/C34H34F3N3O8/c1-46-29-16-23(8-11-31(41)42)17-30(47-2)32(29)48-25-12-14-38(15-13-25)21-33(43,34(35,36)37)27-20-39(19-22-6-4-3-5-7-22)28-18-24(40(44)45)9-10-26(27)28/h3-11,16-18,20,25,43H,12-15,19,21H2,1-2H3,(H,41,42)/b11-8+. The second-order valence-corrected chi connectivity index (χ2v) is 11.5. The number of aliphatic hydroxyl groups is 1. The summed E-state index contributed by atoms with van der Waals surface area (Å²) in [7, 11) is 2.84. The molecule has 1 aliphatic rings. The van der Waals surface area contributed by atoms with Gasteiger partial charge in [-0.15, -0.1) is 0 Å². The van der Waals surface area contributed by atoms with Crippen LogP contribution in [0.1, 0.15) is 29.5 Å². The molecule has 254 valence electrons. The topological polar surface area (TPSA) is 137 Å². The van der Waals surface area contributed by atoms with Crippen LogP contribution in [0, 0.1) is 10.1 Å². The zero-order valence-corrected chi connectivity index (χ0v) is 26.1. The third kappa shape index (κ3) is 7.24. The molecule has 14 heteroatoms. The molecule has 2 N–H and O–H groups in total. The number of hydrogen-bond donors (Lipinski definition) is 2. The van der Waals surface area contributed by atoms with Crippen molar-refractivity contribution in [2.75, 3.05) is 33.9 Å². The molecule has 0 amide bonds. The van der Waals surface area contributed by atoms with Crippen molar-refractivity contribution in [3.63, 3.8) is 0 Å². The number of likely N-dealkylation sites (tertiary alicyclic amines) is 1. The minimum absolute atomic E-state index is 0.0652. The van der Waals surface area contributed by atoms with Gasteiger partial charge in [0.15, 0.2) is 11.5 Å². The highest BCUT2D eigenvalue weighted by atomic mass is 19.4. The molecular formula is C34H34F3N3O8. The smallest absolute Gasteiger partial charge is 0.422 e. The molecule has 1 aliphatic heterocycles. The van der Waals surface area contributed by atoms with Crippen LogP contribution >= 0.6 is 0 Å². The fourth-order valence-corrected chi connectivity index (χ4v) is 5.92. The molecule has 4 aromatic rings. The van der Waals surface area contributed by atoms with Crippen molar-refractivity contribution < 1.29 is 47.3 Å². The van der Waals surface area contributed by atoms with Crippen LogP contribution in [0.4, 0.5) is 18.9 Å². The number of β-amino-alcohol motifs (C(OH)–C–C–N with tert-alkyl or cyclic N) is 1. The summed E-state index contributed by atoms with van der Waals surface area (Å²) in [5.41, 5.74) is -2.49. The largest absolute Gasteiger partial charge is 0.493 e. The van der Waals surface area contributed by atoms with E-state index >= 15 is 0 Å². The predicted octanol–water partition coefficient (Wildman–Crippen LogP) is 6.01. The summed E-state index contributed by atoms with van der Waals surface area (Å²) in [5, 5.41) is 32.1. The highest BCUT2D eigenvalue weighted by molar-refractivity contribution is 5.87. The van der Waals surface area contributed by atoms with E-state index in [9.17, 15) is 33.2 Å². The van der Waals surface area contributed by atoms with E-state index in [0.29, 0.717) is 29.9 Å². The highest BCUT2D eigenvalue weighted by Gasteiger charge is 2.57.